The van der Waals surface area contributed by atoms with E-state index in [1.165, 1.54) is 6.20 Å². The topological polar surface area (TPSA) is 92.4 Å². The first-order valence-corrected chi connectivity index (χ1v) is 7.88. The molecule has 25 heavy (non-hydrogen) atoms. The molecule has 1 atom stereocenters. The average molecular weight is 342 g/mol. The molecule has 1 aromatic carbocycles. The predicted octanol–water partition coefficient (Wildman–Crippen LogP) is 2.40. The zero-order valence-corrected chi connectivity index (χ0v) is 14.5. The van der Waals surface area contributed by atoms with E-state index in [1.54, 1.807) is 25.4 Å². The minimum absolute atomic E-state index is 0.140. The highest BCUT2D eigenvalue weighted by atomic mass is 16.5. The largest absolute Gasteiger partial charge is 0.496 e. The van der Waals surface area contributed by atoms with Gasteiger partial charge in [0.15, 0.2) is 0 Å². The molecule has 0 spiro atoms. The third-order valence-electron chi connectivity index (χ3n) is 3.55. The van der Waals surface area contributed by atoms with Crippen LogP contribution in [0.3, 0.4) is 0 Å². The molecule has 0 unspecified atom stereocenters. The molecule has 0 saturated carbocycles. The number of methoxy groups -OCH3 is 1. The van der Waals surface area contributed by atoms with E-state index in [4.69, 9.17) is 4.74 Å². The number of anilines is 1. The van der Waals surface area contributed by atoms with Gasteiger partial charge in [-0.1, -0.05) is 17.7 Å². The van der Waals surface area contributed by atoms with Crippen molar-refractivity contribution in [2.24, 2.45) is 0 Å². The summed E-state index contributed by atoms with van der Waals surface area (Å²) in [6, 6.07) is 8.50. The molecule has 1 heterocycles. The second-order valence-corrected chi connectivity index (χ2v) is 5.58. The molecule has 0 radical (unpaired) electrons. The number of hydrogen-bond donors (Lipinski definition) is 3. The number of nitrogens with zero attached hydrogens (tertiary/aromatic N) is 1. The van der Waals surface area contributed by atoms with Gasteiger partial charge in [-0.05, 0) is 32.0 Å². The SMILES string of the molecule is COc1ccc(C)cc1[C@@H](C)NC(=O)NCC(=O)Nc1cccnc1. The van der Waals surface area contributed by atoms with Crippen molar-refractivity contribution < 1.29 is 14.3 Å². The second kappa shape index (κ2) is 8.68. The molecular formula is C18H22N4O3. The third-order valence-corrected chi connectivity index (χ3v) is 3.55. The maximum absolute atomic E-state index is 12.0. The summed E-state index contributed by atoms with van der Waals surface area (Å²) in [7, 11) is 1.59. The number of rotatable bonds is 6. The van der Waals surface area contributed by atoms with Crippen molar-refractivity contribution in [3.8, 4) is 5.75 Å². The Hall–Kier alpha value is -3.09. The third kappa shape index (κ3) is 5.49. The van der Waals surface area contributed by atoms with Gasteiger partial charge < -0.3 is 20.7 Å². The number of ether oxygens (including phenoxy) is 1. The summed E-state index contributed by atoms with van der Waals surface area (Å²) in [5.74, 6) is 0.372. The summed E-state index contributed by atoms with van der Waals surface area (Å²) in [6.45, 7) is 3.68. The summed E-state index contributed by atoms with van der Waals surface area (Å²) >= 11 is 0. The van der Waals surface area contributed by atoms with Gasteiger partial charge in [0.2, 0.25) is 5.91 Å². The van der Waals surface area contributed by atoms with Crippen LogP contribution in [-0.4, -0.2) is 30.6 Å². The summed E-state index contributed by atoms with van der Waals surface area (Å²) in [5.41, 5.74) is 2.52. The Morgan fingerprint density at radius 1 is 1.28 bits per heavy atom. The van der Waals surface area contributed by atoms with E-state index in [9.17, 15) is 9.59 Å². The Morgan fingerprint density at radius 2 is 2.08 bits per heavy atom. The smallest absolute Gasteiger partial charge is 0.315 e. The van der Waals surface area contributed by atoms with Crippen molar-refractivity contribution in [3.05, 3.63) is 53.9 Å². The highest BCUT2D eigenvalue weighted by Crippen LogP contribution is 2.25. The van der Waals surface area contributed by atoms with Crippen molar-refractivity contribution >= 4 is 17.6 Å². The fraction of sp³-hybridized carbons (Fsp3) is 0.278. The lowest BCUT2D eigenvalue weighted by molar-refractivity contribution is -0.115. The minimum atomic E-state index is -0.433. The fourth-order valence-electron chi connectivity index (χ4n) is 2.32. The van der Waals surface area contributed by atoms with Crippen LogP contribution in [0.1, 0.15) is 24.1 Å². The molecule has 3 amide bonds. The number of pyridine rings is 1. The van der Waals surface area contributed by atoms with Crippen LogP contribution in [0.5, 0.6) is 5.75 Å². The zero-order valence-electron chi connectivity index (χ0n) is 14.5. The molecule has 132 valence electrons. The number of carbonyl (C=O) groups excluding carboxylic acids is 2. The van der Waals surface area contributed by atoms with Crippen molar-refractivity contribution in [2.75, 3.05) is 19.0 Å². The number of amides is 3. The van der Waals surface area contributed by atoms with Crippen molar-refractivity contribution in [1.82, 2.24) is 15.6 Å². The van der Waals surface area contributed by atoms with Crippen LogP contribution in [0, 0.1) is 6.92 Å². The number of urea groups is 1. The van der Waals surface area contributed by atoms with Gasteiger partial charge in [0.05, 0.1) is 31.6 Å². The summed E-state index contributed by atoms with van der Waals surface area (Å²) in [4.78, 5) is 27.7. The summed E-state index contributed by atoms with van der Waals surface area (Å²) < 4.78 is 5.33. The lowest BCUT2D eigenvalue weighted by Crippen LogP contribution is -2.41. The van der Waals surface area contributed by atoms with E-state index in [2.05, 4.69) is 20.9 Å². The predicted molar refractivity (Wildman–Crippen MR) is 95.5 cm³/mol. The molecule has 0 saturated heterocycles. The number of benzene rings is 1. The van der Waals surface area contributed by atoms with Crippen LogP contribution < -0.4 is 20.7 Å². The second-order valence-electron chi connectivity index (χ2n) is 5.58. The quantitative estimate of drug-likeness (QED) is 0.751. The van der Waals surface area contributed by atoms with E-state index in [1.807, 2.05) is 32.0 Å². The van der Waals surface area contributed by atoms with Gasteiger partial charge in [-0.25, -0.2) is 4.79 Å². The normalized spacial score (nSPS) is 11.3. The highest BCUT2D eigenvalue weighted by molar-refractivity contribution is 5.94. The molecule has 2 rings (SSSR count). The molecule has 7 nitrogen and oxygen atoms in total. The monoisotopic (exact) mass is 342 g/mol. The fourth-order valence-corrected chi connectivity index (χ4v) is 2.32. The van der Waals surface area contributed by atoms with E-state index in [0.717, 1.165) is 11.1 Å². The van der Waals surface area contributed by atoms with Gasteiger partial charge in [0, 0.05) is 11.8 Å². The molecule has 7 heteroatoms. The average Bonchev–Trinajstić information content (AvgIpc) is 2.60. The summed E-state index contributed by atoms with van der Waals surface area (Å²) in [6.07, 6.45) is 3.15. The maximum atomic E-state index is 12.0. The molecule has 0 fully saturated rings. The van der Waals surface area contributed by atoms with Gasteiger partial charge in [-0.3, -0.25) is 9.78 Å². The van der Waals surface area contributed by atoms with Gasteiger partial charge in [-0.2, -0.15) is 0 Å². The number of aromatic nitrogens is 1. The van der Waals surface area contributed by atoms with E-state index in [0.29, 0.717) is 11.4 Å². The lowest BCUT2D eigenvalue weighted by Gasteiger charge is -2.18. The number of hydrogen-bond acceptors (Lipinski definition) is 4. The summed E-state index contributed by atoms with van der Waals surface area (Å²) in [5, 5.41) is 7.97. The van der Waals surface area contributed by atoms with Crippen molar-refractivity contribution in [1.29, 1.82) is 0 Å². The highest BCUT2D eigenvalue weighted by Gasteiger charge is 2.14. The van der Waals surface area contributed by atoms with Crippen molar-refractivity contribution in [2.45, 2.75) is 19.9 Å². The molecule has 0 aliphatic carbocycles. The van der Waals surface area contributed by atoms with E-state index < -0.39 is 6.03 Å². The minimum Gasteiger partial charge on any atom is -0.496 e. The van der Waals surface area contributed by atoms with Crippen LogP contribution in [-0.2, 0) is 4.79 Å². The Balaban J connectivity index is 1.85. The molecule has 0 aliphatic heterocycles. The van der Waals surface area contributed by atoms with Crippen molar-refractivity contribution in [3.63, 3.8) is 0 Å². The molecule has 3 N–H and O–H groups in total. The number of carbonyl (C=O) groups is 2. The Morgan fingerprint density at radius 3 is 2.76 bits per heavy atom. The van der Waals surface area contributed by atoms with Gasteiger partial charge in [-0.15, -0.1) is 0 Å². The van der Waals surface area contributed by atoms with E-state index in [-0.39, 0.29) is 18.5 Å². The van der Waals surface area contributed by atoms with Crippen LogP contribution in [0.25, 0.3) is 0 Å². The Kier molecular flexibility index (Phi) is 6.33. The molecule has 2 aromatic rings. The Labute approximate surface area is 146 Å². The first-order chi connectivity index (χ1) is 12.0. The van der Waals surface area contributed by atoms with Crippen LogP contribution in [0.2, 0.25) is 0 Å². The Bertz CT molecular complexity index is 734. The van der Waals surface area contributed by atoms with Gasteiger partial charge >= 0.3 is 6.03 Å². The number of nitrogens with one attached hydrogen (secondary N) is 3. The van der Waals surface area contributed by atoms with E-state index >= 15 is 0 Å². The van der Waals surface area contributed by atoms with Crippen LogP contribution in [0.4, 0.5) is 10.5 Å². The van der Waals surface area contributed by atoms with Gasteiger partial charge in [0.1, 0.15) is 5.75 Å². The molecule has 0 aliphatic rings. The first-order valence-electron chi connectivity index (χ1n) is 7.88. The maximum Gasteiger partial charge on any atom is 0.315 e. The molecule has 1 aromatic heterocycles. The van der Waals surface area contributed by atoms with Crippen LogP contribution in [0.15, 0.2) is 42.7 Å². The van der Waals surface area contributed by atoms with Crippen LogP contribution >= 0.6 is 0 Å². The molecular weight excluding hydrogens is 320 g/mol. The molecule has 0 bridgehead atoms. The van der Waals surface area contributed by atoms with Gasteiger partial charge in [0.25, 0.3) is 0 Å². The lowest BCUT2D eigenvalue weighted by atomic mass is 10.0. The standard InChI is InChI=1S/C18H22N4O3/c1-12-6-7-16(25-3)15(9-12)13(2)21-18(24)20-11-17(23)22-14-5-4-8-19-10-14/h4-10,13H,11H2,1-3H3,(H,22,23)(H2,20,21,24)/t13-/m1/s1. The number of aryl methyl sites for hydroxylation is 1. The zero-order chi connectivity index (χ0) is 18.2. The first kappa shape index (κ1) is 18.3.